The predicted molar refractivity (Wildman–Crippen MR) is 54.0 cm³/mol. The first kappa shape index (κ1) is 8.36. The third kappa shape index (κ3) is 0.743. The van der Waals surface area contributed by atoms with E-state index in [1.54, 1.807) is 0 Å². The lowest BCUT2D eigenvalue weighted by Crippen LogP contribution is -2.56. The van der Waals surface area contributed by atoms with Crippen LogP contribution in [0.1, 0.15) is 19.3 Å². The molecule has 4 saturated carbocycles. The Balaban J connectivity index is 1.63. The molecule has 0 radical (unpaired) electrons. The molecule has 0 aromatic heterocycles. The van der Waals surface area contributed by atoms with E-state index in [-0.39, 0.29) is 12.1 Å². The van der Waals surface area contributed by atoms with Gasteiger partial charge in [-0.15, -0.1) is 0 Å². The summed E-state index contributed by atoms with van der Waals surface area (Å²) in [6.45, 7) is 0. The Kier molecular flexibility index (Phi) is 1.38. The minimum Gasteiger partial charge on any atom is -0.151 e. The predicted octanol–water partition coefficient (Wildman–Crippen LogP) is 2.18. The van der Waals surface area contributed by atoms with Gasteiger partial charge in [-0.25, -0.2) is 0 Å². The maximum Gasteiger partial charge on any atom is 0.0956 e. The van der Waals surface area contributed by atoms with E-state index < -0.39 is 0 Å². The van der Waals surface area contributed by atoms with Gasteiger partial charge in [0, 0.05) is 0 Å². The van der Waals surface area contributed by atoms with Crippen molar-refractivity contribution in [2.75, 3.05) is 0 Å². The van der Waals surface area contributed by atoms with Gasteiger partial charge in [0.1, 0.15) is 0 Å². The smallest absolute Gasteiger partial charge is 0.0956 e. The molecule has 6 unspecified atom stereocenters. The molecule has 15 heavy (non-hydrogen) atoms. The summed E-state index contributed by atoms with van der Waals surface area (Å²) >= 11 is 0. The van der Waals surface area contributed by atoms with Gasteiger partial charge in [-0.05, 0) is 54.8 Å². The van der Waals surface area contributed by atoms with Crippen molar-refractivity contribution in [2.45, 2.75) is 31.3 Å². The lowest BCUT2D eigenvalue weighted by molar-refractivity contribution is -0.0552. The average Bonchev–Trinajstić information content (AvgIpc) is 2.52. The van der Waals surface area contributed by atoms with Crippen LogP contribution in [0.25, 0.3) is 0 Å². The van der Waals surface area contributed by atoms with E-state index in [1.165, 1.54) is 6.42 Å². The van der Waals surface area contributed by atoms with Crippen molar-refractivity contribution >= 4 is 0 Å². The minimum atomic E-state index is 0.0684. The van der Waals surface area contributed by atoms with Gasteiger partial charge in [0.25, 0.3) is 0 Å². The Labute approximate surface area is 87.8 Å². The van der Waals surface area contributed by atoms with Crippen LogP contribution < -0.4 is 0 Å². The van der Waals surface area contributed by atoms with Gasteiger partial charge >= 0.3 is 0 Å². The van der Waals surface area contributed by atoms with Crippen LogP contribution in [-0.2, 0) is 0 Å². The molecular weight excluding hydrogens is 192 g/mol. The molecule has 4 heteroatoms. The van der Waals surface area contributed by atoms with Gasteiger partial charge in [0.05, 0.1) is 12.1 Å². The molecule has 0 amide bonds. The molecule has 0 aromatic carbocycles. The van der Waals surface area contributed by atoms with Crippen LogP contribution in [-0.4, -0.2) is 12.1 Å². The zero-order chi connectivity index (χ0) is 10.2. The van der Waals surface area contributed by atoms with Crippen LogP contribution in [0.2, 0.25) is 0 Å². The molecule has 4 nitrogen and oxygen atoms in total. The highest BCUT2D eigenvalue weighted by Crippen LogP contribution is 2.71. The van der Waals surface area contributed by atoms with Gasteiger partial charge in [0.2, 0.25) is 0 Å². The number of nitroso groups, excluding NO2 is 2. The maximum absolute atomic E-state index is 10.6. The van der Waals surface area contributed by atoms with E-state index >= 15 is 0 Å². The number of fused-ring (bicyclic) bond motifs is 8. The monoisotopic (exact) mass is 206 g/mol. The molecule has 4 aliphatic rings. The molecule has 0 saturated heterocycles. The molecule has 4 fully saturated rings. The maximum atomic E-state index is 10.6. The van der Waals surface area contributed by atoms with Crippen molar-refractivity contribution in [3.05, 3.63) is 9.81 Å². The summed E-state index contributed by atoms with van der Waals surface area (Å²) in [6.07, 6.45) is 3.30. The molecule has 0 aromatic rings. The van der Waals surface area contributed by atoms with Crippen LogP contribution in [0.5, 0.6) is 0 Å². The minimum absolute atomic E-state index is 0.0684. The number of nitrogens with zero attached hydrogens (tertiary/aromatic N) is 2. The second-order valence-corrected chi connectivity index (χ2v) is 5.86. The van der Waals surface area contributed by atoms with E-state index in [2.05, 4.69) is 10.4 Å². The summed E-state index contributed by atoms with van der Waals surface area (Å²) in [5.41, 5.74) is 0. The first-order valence-corrected chi connectivity index (χ1v) is 6.00. The van der Waals surface area contributed by atoms with Crippen molar-refractivity contribution < 1.29 is 0 Å². The van der Waals surface area contributed by atoms with E-state index in [0.29, 0.717) is 17.8 Å². The largest absolute Gasteiger partial charge is 0.151 e. The zero-order valence-electron chi connectivity index (χ0n) is 8.45. The summed E-state index contributed by atoms with van der Waals surface area (Å²) in [7, 11) is 0. The van der Waals surface area contributed by atoms with Crippen LogP contribution in [0.3, 0.4) is 0 Å². The second kappa shape index (κ2) is 2.47. The van der Waals surface area contributed by atoms with E-state index in [0.717, 1.165) is 30.6 Å². The van der Waals surface area contributed by atoms with E-state index in [9.17, 15) is 9.81 Å². The van der Waals surface area contributed by atoms with Crippen LogP contribution in [0.4, 0.5) is 0 Å². The van der Waals surface area contributed by atoms with E-state index in [1.807, 2.05) is 0 Å². The van der Waals surface area contributed by atoms with Crippen molar-refractivity contribution in [2.24, 2.45) is 45.9 Å². The molecule has 4 aliphatic carbocycles. The van der Waals surface area contributed by atoms with Gasteiger partial charge < -0.3 is 0 Å². The number of hydrogen-bond donors (Lipinski definition) is 0. The highest BCUT2D eigenvalue weighted by atomic mass is 16.3. The Morgan fingerprint density at radius 2 is 1.20 bits per heavy atom. The summed E-state index contributed by atoms with van der Waals surface area (Å²) in [5, 5.41) is 6.46. The quantitative estimate of drug-likeness (QED) is 0.650. The topological polar surface area (TPSA) is 58.9 Å². The van der Waals surface area contributed by atoms with Crippen LogP contribution in [0.15, 0.2) is 10.4 Å². The second-order valence-electron chi connectivity index (χ2n) is 5.86. The fourth-order valence-electron chi connectivity index (χ4n) is 5.27. The molecule has 0 spiro atoms. The van der Waals surface area contributed by atoms with E-state index in [4.69, 9.17) is 0 Å². The van der Waals surface area contributed by atoms with Crippen molar-refractivity contribution in [3.8, 4) is 0 Å². The molecule has 0 heterocycles. The van der Waals surface area contributed by atoms with Crippen molar-refractivity contribution in [3.63, 3.8) is 0 Å². The van der Waals surface area contributed by atoms with Crippen LogP contribution in [0, 0.1) is 45.3 Å². The van der Waals surface area contributed by atoms with Crippen molar-refractivity contribution in [1.82, 2.24) is 0 Å². The van der Waals surface area contributed by atoms with Crippen LogP contribution >= 0.6 is 0 Å². The van der Waals surface area contributed by atoms with Crippen molar-refractivity contribution in [1.29, 1.82) is 0 Å². The molecule has 2 bridgehead atoms. The lowest BCUT2D eigenvalue weighted by Gasteiger charge is -2.55. The summed E-state index contributed by atoms with van der Waals surface area (Å²) in [4.78, 5) is 21.3. The molecular formula is C11H14N2O2. The Morgan fingerprint density at radius 3 is 1.67 bits per heavy atom. The van der Waals surface area contributed by atoms with Gasteiger partial charge in [-0.3, -0.25) is 0 Å². The average molecular weight is 206 g/mol. The summed E-state index contributed by atoms with van der Waals surface area (Å²) in [6, 6.07) is 0.137. The Morgan fingerprint density at radius 1 is 0.667 bits per heavy atom. The molecule has 0 N–H and O–H groups in total. The van der Waals surface area contributed by atoms with Gasteiger partial charge in [-0.2, -0.15) is 9.81 Å². The highest BCUT2D eigenvalue weighted by Gasteiger charge is 2.69. The van der Waals surface area contributed by atoms with Gasteiger partial charge in [0.15, 0.2) is 0 Å². The SMILES string of the molecule is O=NC1CC2C3CC(C12)C1C(N=O)CC31. The Bertz CT molecular complexity index is 315. The third-order valence-electron chi connectivity index (χ3n) is 5.81. The lowest BCUT2D eigenvalue weighted by atomic mass is 9.50. The molecule has 6 atom stereocenters. The zero-order valence-corrected chi connectivity index (χ0v) is 8.45. The number of hydrogen-bond acceptors (Lipinski definition) is 4. The number of rotatable bonds is 2. The first-order valence-electron chi connectivity index (χ1n) is 6.00. The third-order valence-corrected chi connectivity index (χ3v) is 5.81. The highest BCUT2D eigenvalue weighted by molar-refractivity contribution is 5.19. The summed E-state index contributed by atoms with van der Waals surface area (Å²) < 4.78 is 0. The standard InChI is InChI=1S/C11H14N2O2/c14-12-8-2-5-4-1-7(10(5)8)11-6(4)3-9(11)13-15/h4-11H,1-3H2. The normalized spacial score (nSPS) is 63.7. The fraction of sp³-hybridized carbons (Fsp3) is 1.00. The molecule has 80 valence electrons. The Hall–Kier alpha value is -0.800. The van der Waals surface area contributed by atoms with Gasteiger partial charge in [-0.1, -0.05) is 10.4 Å². The fourth-order valence-corrected chi connectivity index (χ4v) is 5.27. The molecule has 0 aliphatic heterocycles. The first-order chi connectivity index (χ1) is 7.35. The summed E-state index contributed by atoms with van der Waals surface area (Å²) in [5.74, 6) is 4.01. The molecule has 4 rings (SSSR count).